The van der Waals surface area contributed by atoms with Crippen molar-refractivity contribution in [3.05, 3.63) is 55.6 Å². The molecule has 0 unspecified atom stereocenters. The van der Waals surface area contributed by atoms with Gasteiger partial charge in [-0.25, -0.2) is 13.8 Å². The van der Waals surface area contributed by atoms with E-state index < -0.39 is 34.6 Å². The standard InChI is InChI=1S/C17H16ClF4N3O4/c1-3-14(26)23-4-5-29-12-7-11(10(19)6-9(12)18)25-15(27)8-13(17(20,21)22)24(2)16(25)28/h6-8H,3-5H2,1-2H3,(H,23,26). The van der Waals surface area contributed by atoms with Crippen LogP contribution in [-0.2, 0) is 18.0 Å². The highest BCUT2D eigenvalue weighted by Gasteiger charge is 2.35. The van der Waals surface area contributed by atoms with E-state index in [-0.39, 0.29) is 51.5 Å². The Bertz CT molecular complexity index is 1050. The summed E-state index contributed by atoms with van der Waals surface area (Å²) in [6.07, 6.45) is -4.68. The van der Waals surface area contributed by atoms with Gasteiger partial charge < -0.3 is 10.1 Å². The number of aromatic nitrogens is 2. The number of hydrogen-bond donors (Lipinski definition) is 1. The fourth-order valence-electron chi connectivity index (χ4n) is 2.40. The van der Waals surface area contributed by atoms with Gasteiger partial charge in [0.1, 0.15) is 23.9 Å². The first kappa shape index (κ1) is 22.5. The zero-order chi connectivity index (χ0) is 21.9. The Hall–Kier alpha value is -2.82. The van der Waals surface area contributed by atoms with Crippen molar-refractivity contribution in [2.75, 3.05) is 13.2 Å². The molecule has 1 aromatic carbocycles. The Morgan fingerprint density at radius 3 is 2.48 bits per heavy atom. The second-order valence-corrected chi connectivity index (χ2v) is 6.24. The first-order valence-corrected chi connectivity index (χ1v) is 8.64. The fourth-order valence-corrected chi connectivity index (χ4v) is 2.60. The third-order valence-electron chi connectivity index (χ3n) is 3.86. The van der Waals surface area contributed by atoms with E-state index in [1.807, 2.05) is 0 Å². The number of halogens is 5. The normalized spacial score (nSPS) is 11.4. The van der Waals surface area contributed by atoms with Crippen LogP contribution in [0.3, 0.4) is 0 Å². The number of amides is 1. The molecule has 12 heteroatoms. The number of hydrogen-bond acceptors (Lipinski definition) is 4. The van der Waals surface area contributed by atoms with Crippen molar-refractivity contribution in [1.82, 2.24) is 14.5 Å². The Morgan fingerprint density at radius 1 is 1.24 bits per heavy atom. The van der Waals surface area contributed by atoms with Gasteiger partial charge in [0.25, 0.3) is 5.56 Å². The number of nitrogens with zero attached hydrogens (tertiary/aromatic N) is 2. The third kappa shape index (κ3) is 4.97. The molecule has 0 fully saturated rings. The molecular weight excluding hydrogens is 422 g/mol. The van der Waals surface area contributed by atoms with Crippen LogP contribution in [0.1, 0.15) is 19.0 Å². The lowest BCUT2D eigenvalue weighted by atomic mass is 10.2. The molecule has 2 aromatic rings. The van der Waals surface area contributed by atoms with Gasteiger partial charge in [0.15, 0.2) is 0 Å². The molecule has 0 aliphatic heterocycles. The highest BCUT2D eigenvalue weighted by Crippen LogP contribution is 2.30. The molecule has 1 amide bonds. The molecule has 7 nitrogen and oxygen atoms in total. The zero-order valence-corrected chi connectivity index (χ0v) is 16.0. The topological polar surface area (TPSA) is 82.3 Å². The van der Waals surface area contributed by atoms with Crippen molar-refractivity contribution in [3.63, 3.8) is 0 Å². The summed E-state index contributed by atoms with van der Waals surface area (Å²) < 4.78 is 58.9. The van der Waals surface area contributed by atoms with Crippen molar-refractivity contribution >= 4 is 17.5 Å². The predicted molar refractivity (Wildman–Crippen MR) is 96.0 cm³/mol. The molecule has 0 spiro atoms. The minimum atomic E-state index is -4.94. The van der Waals surface area contributed by atoms with Crippen LogP contribution in [0.4, 0.5) is 17.6 Å². The number of carbonyl (C=O) groups is 1. The molecule has 0 saturated heterocycles. The first-order valence-electron chi connectivity index (χ1n) is 8.26. The molecule has 0 radical (unpaired) electrons. The van der Waals surface area contributed by atoms with Crippen molar-refractivity contribution < 1.29 is 27.1 Å². The minimum Gasteiger partial charge on any atom is -0.490 e. The summed E-state index contributed by atoms with van der Waals surface area (Å²) in [5.41, 5.74) is -4.86. The second kappa shape index (κ2) is 8.68. The molecule has 0 aliphatic rings. The van der Waals surface area contributed by atoms with Gasteiger partial charge in [0.05, 0.1) is 17.3 Å². The van der Waals surface area contributed by atoms with Gasteiger partial charge >= 0.3 is 11.9 Å². The van der Waals surface area contributed by atoms with E-state index >= 15 is 0 Å². The number of alkyl halides is 3. The number of ether oxygens (including phenoxy) is 1. The average Bonchev–Trinajstić information content (AvgIpc) is 2.63. The SMILES string of the molecule is CCC(=O)NCCOc1cc(-n2c(=O)cc(C(F)(F)F)n(C)c2=O)c(F)cc1Cl. The summed E-state index contributed by atoms with van der Waals surface area (Å²) in [6, 6.07) is 1.88. The highest BCUT2D eigenvalue weighted by atomic mass is 35.5. The average molecular weight is 438 g/mol. The summed E-state index contributed by atoms with van der Waals surface area (Å²) in [5, 5.41) is 2.34. The summed E-state index contributed by atoms with van der Waals surface area (Å²) in [5.74, 6) is -1.46. The quantitative estimate of drug-likeness (QED) is 0.555. The van der Waals surface area contributed by atoms with E-state index in [1.165, 1.54) is 0 Å². The van der Waals surface area contributed by atoms with Crippen LogP contribution in [0.2, 0.25) is 5.02 Å². The smallest absolute Gasteiger partial charge is 0.431 e. The molecule has 0 atom stereocenters. The summed E-state index contributed by atoms with van der Waals surface area (Å²) >= 11 is 5.88. The van der Waals surface area contributed by atoms with Crippen LogP contribution in [0, 0.1) is 5.82 Å². The van der Waals surface area contributed by atoms with Gasteiger partial charge in [-0.2, -0.15) is 13.2 Å². The van der Waals surface area contributed by atoms with Crippen LogP contribution in [0.15, 0.2) is 27.8 Å². The van der Waals surface area contributed by atoms with Gasteiger partial charge in [-0.3, -0.25) is 14.2 Å². The third-order valence-corrected chi connectivity index (χ3v) is 4.15. The monoisotopic (exact) mass is 437 g/mol. The number of nitrogens with one attached hydrogen (secondary N) is 1. The summed E-state index contributed by atoms with van der Waals surface area (Å²) in [7, 11) is 0.808. The molecule has 1 N–H and O–H groups in total. The van der Waals surface area contributed by atoms with Gasteiger partial charge in [0, 0.05) is 25.6 Å². The molecule has 0 bridgehead atoms. The van der Waals surface area contributed by atoms with Crippen molar-refractivity contribution in [2.45, 2.75) is 19.5 Å². The van der Waals surface area contributed by atoms with E-state index in [2.05, 4.69) is 5.32 Å². The largest absolute Gasteiger partial charge is 0.490 e. The number of benzene rings is 1. The maximum atomic E-state index is 14.4. The maximum Gasteiger partial charge on any atom is 0.431 e. The highest BCUT2D eigenvalue weighted by molar-refractivity contribution is 6.32. The lowest BCUT2D eigenvalue weighted by molar-refractivity contribution is -0.144. The van der Waals surface area contributed by atoms with Crippen molar-refractivity contribution in [2.24, 2.45) is 7.05 Å². The molecule has 1 heterocycles. The van der Waals surface area contributed by atoms with E-state index in [0.717, 1.165) is 19.2 Å². The second-order valence-electron chi connectivity index (χ2n) is 5.83. The van der Waals surface area contributed by atoms with Crippen molar-refractivity contribution in [3.8, 4) is 11.4 Å². The number of carbonyl (C=O) groups excluding carboxylic acids is 1. The molecule has 158 valence electrons. The van der Waals surface area contributed by atoms with E-state index in [1.54, 1.807) is 6.92 Å². The maximum absolute atomic E-state index is 14.4. The van der Waals surface area contributed by atoms with Crippen LogP contribution in [0.25, 0.3) is 5.69 Å². The molecule has 29 heavy (non-hydrogen) atoms. The van der Waals surface area contributed by atoms with E-state index in [4.69, 9.17) is 16.3 Å². The Labute approximate surface area is 166 Å². The molecular formula is C17H16ClF4N3O4. The molecule has 2 rings (SSSR count). The van der Waals surface area contributed by atoms with E-state index in [9.17, 15) is 31.9 Å². The fraction of sp³-hybridized carbons (Fsp3) is 0.353. The van der Waals surface area contributed by atoms with Gasteiger partial charge in [-0.1, -0.05) is 18.5 Å². The van der Waals surface area contributed by atoms with E-state index in [0.29, 0.717) is 0 Å². The Kier molecular flexibility index (Phi) is 6.73. The molecule has 0 aliphatic carbocycles. The van der Waals surface area contributed by atoms with Gasteiger partial charge in [0.2, 0.25) is 5.91 Å². The first-order chi connectivity index (χ1) is 13.5. The van der Waals surface area contributed by atoms with Gasteiger partial charge in [-0.15, -0.1) is 0 Å². The summed E-state index contributed by atoms with van der Waals surface area (Å²) in [6.45, 7) is 1.70. The molecule has 1 aromatic heterocycles. The molecule has 0 saturated carbocycles. The van der Waals surface area contributed by atoms with Crippen LogP contribution in [-0.4, -0.2) is 28.2 Å². The minimum absolute atomic E-state index is 0.0591. The summed E-state index contributed by atoms with van der Waals surface area (Å²) in [4.78, 5) is 35.6. The number of rotatable bonds is 6. The van der Waals surface area contributed by atoms with Crippen LogP contribution >= 0.6 is 11.6 Å². The van der Waals surface area contributed by atoms with Gasteiger partial charge in [-0.05, 0) is 6.07 Å². The van der Waals surface area contributed by atoms with Crippen LogP contribution in [0.5, 0.6) is 5.75 Å². The lowest BCUT2D eigenvalue weighted by Crippen LogP contribution is -2.41. The Morgan fingerprint density at radius 2 is 1.90 bits per heavy atom. The Balaban J connectivity index is 2.46. The lowest BCUT2D eigenvalue weighted by Gasteiger charge is -2.15. The predicted octanol–water partition coefficient (Wildman–Crippen LogP) is 2.25. The van der Waals surface area contributed by atoms with Crippen LogP contribution < -0.4 is 21.3 Å². The van der Waals surface area contributed by atoms with Crippen molar-refractivity contribution in [1.29, 1.82) is 0 Å². The zero-order valence-electron chi connectivity index (χ0n) is 15.3.